The molecule has 0 amide bonds. The molecule has 21 heavy (non-hydrogen) atoms. The van der Waals surface area contributed by atoms with Crippen LogP contribution in [0.1, 0.15) is 5.56 Å². The number of hydrogen-bond donors (Lipinski definition) is 1. The fourth-order valence-corrected chi connectivity index (χ4v) is 3.96. The zero-order valence-corrected chi connectivity index (χ0v) is 14.3. The number of aromatic hydroxyl groups is 1. The van der Waals surface area contributed by atoms with Crippen molar-refractivity contribution in [3.8, 4) is 5.75 Å². The van der Waals surface area contributed by atoms with Gasteiger partial charge in [-0.15, -0.1) is 0 Å². The van der Waals surface area contributed by atoms with E-state index in [1.165, 1.54) is 29.6 Å². The van der Waals surface area contributed by atoms with E-state index in [-0.39, 0.29) is 22.2 Å². The molecular formula is C14H13BrClNO3S. The normalized spacial score (nSPS) is 11.8. The molecule has 0 unspecified atom stereocenters. The molecule has 0 aliphatic carbocycles. The molecular weight excluding hydrogens is 378 g/mol. The fourth-order valence-electron chi connectivity index (χ4n) is 1.80. The van der Waals surface area contributed by atoms with E-state index in [0.717, 1.165) is 5.56 Å². The van der Waals surface area contributed by atoms with Gasteiger partial charge in [0.05, 0.1) is 5.02 Å². The van der Waals surface area contributed by atoms with Gasteiger partial charge in [0.25, 0.3) is 0 Å². The lowest BCUT2D eigenvalue weighted by Crippen LogP contribution is -2.26. The molecule has 0 aliphatic rings. The Bertz CT molecular complexity index is 747. The van der Waals surface area contributed by atoms with Crippen molar-refractivity contribution in [2.24, 2.45) is 0 Å². The number of nitrogens with zero attached hydrogens (tertiary/aromatic N) is 1. The first-order valence-corrected chi connectivity index (χ1v) is 8.61. The van der Waals surface area contributed by atoms with E-state index in [0.29, 0.717) is 4.47 Å². The summed E-state index contributed by atoms with van der Waals surface area (Å²) in [6.07, 6.45) is 0. The van der Waals surface area contributed by atoms with Crippen molar-refractivity contribution in [1.29, 1.82) is 0 Å². The first kappa shape index (κ1) is 16.3. The number of sulfonamides is 1. The first-order valence-electron chi connectivity index (χ1n) is 6.00. The molecule has 2 rings (SSSR count). The molecule has 0 radical (unpaired) electrons. The topological polar surface area (TPSA) is 57.6 Å². The highest BCUT2D eigenvalue weighted by atomic mass is 79.9. The first-order chi connectivity index (χ1) is 9.80. The van der Waals surface area contributed by atoms with Gasteiger partial charge in [-0.3, -0.25) is 0 Å². The molecule has 112 valence electrons. The van der Waals surface area contributed by atoms with E-state index in [1.54, 1.807) is 24.3 Å². The Morgan fingerprint density at radius 3 is 2.38 bits per heavy atom. The molecule has 0 saturated carbocycles. The molecule has 0 atom stereocenters. The van der Waals surface area contributed by atoms with Gasteiger partial charge in [-0.2, -0.15) is 4.31 Å². The average Bonchev–Trinajstić information content (AvgIpc) is 2.40. The van der Waals surface area contributed by atoms with Crippen LogP contribution in [0.5, 0.6) is 5.75 Å². The van der Waals surface area contributed by atoms with E-state index in [4.69, 9.17) is 11.6 Å². The highest BCUT2D eigenvalue weighted by Gasteiger charge is 2.23. The molecule has 4 nitrogen and oxygen atoms in total. The molecule has 0 heterocycles. The van der Waals surface area contributed by atoms with E-state index in [1.807, 2.05) is 0 Å². The number of rotatable bonds is 4. The molecule has 0 fully saturated rings. The SMILES string of the molecule is CN(Cc1ccc(O)cc1)S(=O)(=O)c1ccc(Br)cc1Cl. The fraction of sp³-hybridized carbons (Fsp3) is 0.143. The van der Waals surface area contributed by atoms with Crippen molar-refractivity contribution < 1.29 is 13.5 Å². The summed E-state index contributed by atoms with van der Waals surface area (Å²) in [6, 6.07) is 11.0. The van der Waals surface area contributed by atoms with Gasteiger partial charge < -0.3 is 5.11 Å². The van der Waals surface area contributed by atoms with Gasteiger partial charge in [-0.05, 0) is 35.9 Å². The van der Waals surface area contributed by atoms with Crippen LogP contribution in [0.15, 0.2) is 51.8 Å². The Labute approximate surface area is 137 Å². The predicted molar refractivity (Wildman–Crippen MR) is 85.9 cm³/mol. The zero-order valence-electron chi connectivity index (χ0n) is 11.1. The van der Waals surface area contributed by atoms with Crippen molar-refractivity contribution in [3.63, 3.8) is 0 Å². The van der Waals surface area contributed by atoms with Gasteiger partial charge in [0.1, 0.15) is 10.6 Å². The van der Waals surface area contributed by atoms with Crippen molar-refractivity contribution in [2.45, 2.75) is 11.4 Å². The van der Waals surface area contributed by atoms with E-state index in [9.17, 15) is 13.5 Å². The second-order valence-electron chi connectivity index (χ2n) is 4.50. The predicted octanol–water partition coefficient (Wildman–Crippen LogP) is 3.63. The molecule has 0 aromatic heterocycles. The number of phenols is 1. The lowest BCUT2D eigenvalue weighted by atomic mass is 10.2. The third-order valence-electron chi connectivity index (χ3n) is 2.92. The number of halogens is 2. The Hall–Kier alpha value is -1.08. The van der Waals surface area contributed by atoms with Gasteiger partial charge in [0.15, 0.2) is 0 Å². The summed E-state index contributed by atoms with van der Waals surface area (Å²) in [5, 5.41) is 9.41. The Morgan fingerprint density at radius 2 is 1.81 bits per heavy atom. The lowest BCUT2D eigenvalue weighted by molar-refractivity contribution is 0.463. The van der Waals surface area contributed by atoms with Gasteiger partial charge >= 0.3 is 0 Å². The molecule has 7 heteroatoms. The highest BCUT2D eigenvalue weighted by Crippen LogP contribution is 2.28. The Morgan fingerprint density at radius 1 is 1.19 bits per heavy atom. The second kappa shape index (κ2) is 6.36. The number of benzene rings is 2. The van der Waals surface area contributed by atoms with Gasteiger partial charge in [-0.1, -0.05) is 39.7 Å². The largest absolute Gasteiger partial charge is 0.508 e. The molecule has 0 spiro atoms. The smallest absolute Gasteiger partial charge is 0.244 e. The highest BCUT2D eigenvalue weighted by molar-refractivity contribution is 9.10. The summed E-state index contributed by atoms with van der Waals surface area (Å²) in [6.45, 7) is 0.189. The Kier molecular flexibility index (Phi) is 4.93. The van der Waals surface area contributed by atoms with Crippen LogP contribution in [0.4, 0.5) is 0 Å². The molecule has 2 aromatic carbocycles. The third-order valence-corrected chi connectivity index (χ3v) is 5.70. The van der Waals surface area contributed by atoms with Crippen LogP contribution in [0.2, 0.25) is 5.02 Å². The maximum Gasteiger partial charge on any atom is 0.244 e. The van der Waals surface area contributed by atoms with E-state index in [2.05, 4.69) is 15.9 Å². The monoisotopic (exact) mass is 389 g/mol. The van der Waals surface area contributed by atoms with Gasteiger partial charge in [0.2, 0.25) is 10.0 Å². The summed E-state index contributed by atoms with van der Waals surface area (Å²) in [7, 11) is -2.19. The molecule has 0 saturated heterocycles. The summed E-state index contributed by atoms with van der Waals surface area (Å²) < 4.78 is 27.0. The molecule has 0 aliphatic heterocycles. The van der Waals surface area contributed by atoms with Crippen LogP contribution < -0.4 is 0 Å². The van der Waals surface area contributed by atoms with Crippen LogP contribution in [0, 0.1) is 0 Å². The third kappa shape index (κ3) is 3.77. The number of hydrogen-bond acceptors (Lipinski definition) is 3. The second-order valence-corrected chi connectivity index (χ2v) is 7.84. The lowest BCUT2D eigenvalue weighted by Gasteiger charge is -2.18. The molecule has 1 N–H and O–H groups in total. The minimum Gasteiger partial charge on any atom is -0.508 e. The van der Waals surface area contributed by atoms with Crippen molar-refractivity contribution in [3.05, 3.63) is 57.5 Å². The minimum absolute atomic E-state index is 0.0636. The standard InChI is InChI=1S/C14H13BrClNO3S/c1-17(9-10-2-5-12(18)6-3-10)21(19,20)14-7-4-11(15)8-13(14)16/h2-8,18H,9H2,1H3. The minimum atomic E-state index is -3.68. The van der Waals surface area contributed by atoms with E-state index < -0.39 is 10.0 Å². The van der Waals surface area contributed by atoms with Crippen LogP contribution in [-0.4, -0.2) is 24.9 Å². The maximum atomic E-state index is 12.5. The van der Waals surface area contributed by atoms with Crippen LogP contribution in [0.25, 0.3) is 0 Å². The summed E-state index contributed by atoms with van der Waals surface area (Å²) in [5.74, 6) is 0.139. The van der Waals surface area contributed by atoms with Gasteiger partial charge in [-0.25, -0.2) is 8.42 Å². The summed E-state index contributed by atoms with van der Waals surface area (Å²) in [5.41, 5.74) is 0.770. The molecule has 0 bridgehead atoms. The summed E-state index contributed by atoms with van der Waals surface area (Å²) in [4.78, 5) is 0.0636. The van der Waals surface area contributed by atoms with Crippen molar-refractivity contribution in [2.75, 3.05) is 7.05 Å². The van der Waals surface area contributed by atoms with Crippen LogP contribution in [-0.2, 0) is 16.6 Å². The number of phenolic OH excluding ortho intramolecular Hbond substituents is 1. The average molecular weight is 391 g/mol. The van der Waals surface area contributed by atoms with E-state index >= 15 is 0 Å². The molecule has 2 aromatic rings. The Balaban J connectivity index is 2.28. The van der Waals surface area contributed by atoms with Gasteiger partial charge in [0, 0.05) is 18.1 Å². The summed E-state index contributed by atoms with van der Waals surface area (Å²) >= 11 is 9.26. The van der Waals surface area contributed by atoms with Crippen LogP contribution >= 0.6 is 27.5 Å². The maximum absolute atomic E-state index is 12.5. The zero-order chi connectivity index (χ0) is 15.6. The van der Waals surface area contributed by atoms with Crippen LogP contribution in [0.3, 0.4) is 0 Å². The quantitative estimate of drug-likeness (QED) is 0.867. The van der Waals surface area contributed by atoms with Crippen molar-refractivity contribution in [1.82, 2.24) is 4.31 Å². The van der Waals surface area contributed by atoms with Crippen molar-refractivity contribution >= 4 is 37.6 Å².